The Kier molecular flexibility index (Phi) is 6.54. The monoisotopic (exact) mass is 253 g/mol. The number of rotatable bonds is 8. The Morgan fingerprint density at radius 1 is 1.28 bits per heavy atom. The van der Waals surface area contributed by atoms with Crippen LogP contribution in [0.3, 0.4) is 0 Å². The average molecular weight is 253 g/mol. The largest absolute Gasteiger partial charge is 0.493 e. The number of hydrogen-bond donors (Lipinski definition) is 2. The van der Waals surface area contributed by atoms with Crippen LogP contribution in [0.5, 0.6) is 11.5 Å². The number of hydrogen-bond acceptors (Lipinski definition) is 4. The highest BCUT2D eigenvalue weighted by molar-refractivity contribution is 5.42. The Bertz CT molecular complexity index is 351. The van der Waals surface area contributed by atoms with Crippen LogP contribution in [0.1, 0.15) is 25.8 Å². The summed E-state index contributed by atoms with van der Waals surface area (Å²) in [6.45, 7) is 5.48. The van der Waals surface area contributed by atoms with Crippen LogP contribution in [0.15, 0.2) is 18.2 Å². The van der Waals surface area contributed by atoms with Crippen molar-refractivity contribution in [2.75, 3.05) is 20.3 Å². The van der Waals surface area contributed by atoms with Crippen LogP contribution in [0.25, 0.3) is 0 Å². The highest BCUT2D eigenvalue weighted by Gasteiger charge is 2.07. The molecule has 0 fully saturated rings. The molecule has 4 nitrogen and oxygen atoms in total. The quantitative estimate of drug-likeness (QED) is 0.743. The predicted octanol–water partition coefficient (Wildman–Crippen LogP) is 1.95. The third-order valence-corrected chi connectivity index (χ3v) is 2.84. The van der Waals surface area contributed by atoms with E-state index in [1.165, 1.54) is 0 Å². The molecule has 2 N–H and O–H groups in total. The van der Waals surface area contributed by atoms with Gasteiger partial charge in [0.25, 0.3) is 0 Å². The van der Waals surface area contributed by atoms with Gasteiger partial charge < -0.3 is 19.9 Å². The maximum atomic E-state index is 9.12. The van der Waals surface area contributed by atoms with Crippen molar-refractivity contribution in [3.8, 4) is 11.5 Å². The van der Waals surface area contributed by atoms with Crippen molar-refractivity contribution in [3.63, 3.8) is 0 Å². The summed E-state index contributed by atoms with van der Waals surface area (Å²) in [5.41, 5.74) is 1.12. The molecule has 1 rings (SSSR count). The highest BCUT2D eigenvalue weighted by atomic mass is 16.5. The molecular formula is C14H23NO3. The summed E-state index contributed by atoms with van der Waals surface area (Å²) in [5.74, 6) is 1.51. The minimum atomic E-state index is 0.141. The van der Waals surface area contributed by atoms with E-state index in [2.05, 4.69) is 5.32 Å². The Labute approximate surface area is 109 Å². The molecule has 0 aliphatic carbocycles. The summed E-state index contributed by atoms with van der Waals surface area (Å²) < 4.78 is 10.8. The number of benzene rings is 1. The van der Waals surface area contributed by atoms with E-state index in [9.17, 15) is 0 Å². The van der Waals surface area contributed by atoms with E-state index in [0.29, 0.717) is 13.2 Å². The summed E-state index contributed by atoms with van der Waals surface area (Å²) >= 11 is 0. The van der Waals surface area contributed by atoms with E-state index in [1.807, 2.05) is 32.0 Å². The number of aliphatic hydroxyl groups excluding tert-OH is 1. The van der Waals surface area contributed by atoms with Crippen molar-refractivity contribution >= 4 is 0 Å². The first kappa shape index (κ1) is 14.8. The normalized spacial score (nSPS) is 12.2. The maximum Gasteiger partial charge on any atom is 0.161 e. The molecule has 0 saturated heterocycles. The van der Waals surface area contributed by atoms with E-state index in [0.717, 1.165) is 23.5 Å². The van der Waals surface area contributed by atoms with Crippen molar-refractivity contribution in [2.24, 2.45) is 0 Å². The summed E-state index contributed by atoms with van der Waals surface area (Å²) in [4.78, 5) is 0. The van der Waals surface area contributed by atoms with Crippen LogP contribution < -0.4 is 14.8 Å². The van der Waals surface area contributed by atoms with Crippen LogP contribution in [-0.4, -0.2) is 31.5 Å². The molecular weight excluding hydrogens is 230 g/mol. The van der Waals surface area contributed by atoms with E-state index in [-0.39, 0.29) is 12.6 Å². The Morgan fingerprint density at radius 3 is 2.61 bits per heavy atom. The van der Waals surface area contributed by atoms with Crippen LogP contribution in [0, 0.1) is 0 Å². The molecule has 0 spiro atoms. The Hall–Kier alpha value is -1.26. The van der Waals surface area contributed by atoms with E-state index in [1.54, 1.807) is 7.11 Å². The van der Waals surface area contributed by atoms with Gasteiger partial charge in [0.05, 0.1) is 20.3 Å². The predicted molar refractivity (Wildman–Crippen MR) is 72.2 cm³/mol. The van der Waals surface area contributed by atoms with Gasteiger partial charge in [-0.1, -0.05) is 13.0 Å². The molecule has 0 heterocycles. The van der Waals surface area contributed by atoms with Crippen molar-refractivity contribution in [1.29, 1.82) is 0 Å². The van der Waals surface area contributed by atoms with Gasteiger partial charge in [-0.05, 0) is 31.0 Å². The zero-order chi connectivity index (χ0) is 13.4. The third-order valence-electron chi connectivity index (χ3n) is 2.84. The van der Waals surface area contributed by atoms with Crippen molar-refractivity contribution < 1.29 is 14.6 Å². The second-order valence-electron chi connectivity index (χ2n) is 4.09. The fourth-order valence-electron chi connectivity index (χ4n) is 1.70. The third kappa shape index (κ3) is 4.20. The van der Waals surface area contributed by atoms with Gasteiger partial charge >= 0.3 is 0 Å². The minimum Gasteiger partial charge on any atom is -0.493 e. The highest BCUT2D eigenvalue weighted by Crippen LogP contribution is 2.27. The number of nitrogens with one attached hydrogen (secondary N) is 1. The lowest BCUT2D eigenvalue weighted by Crippen LogP contribution is -2.31. The van der Waals surface area contributed by atoms with Crippen molar-refractivity contribution in [2.45, 2.75) is 32.9 Å². The molecule has 4 heteroatoms. The molecule has 0 aliphatic heterocycles. The number of methoxy groups -OCH3 is 1. The lowest BCUT2D eigenvalue weighted by molar-refractivity contribution is 0.238. The standard InChI is InChI=1S/C14H23NO3/c1-4-12(10-16)15-9-11-6-7-13(17-3)14(8-11)18-5-2/h6-8,12,15-16H,4-5,9-10H2,1-3H3/t12-/m0/s1. The van der Waals surface area contributed by atoms with Crippen LogP contribution in [0.4, 0.5) is 0 Å². The van der Waals surface area contributed by atoms with E-state index in [4.69, 9.17) is 14.6 Å². The zero-order valence-electron chi connectivity index (χ0n) is 11.4. The molecule has 0 saturated carbocycles. The summed E-state index contributed by atoms with van der Waals surface area (Å²) in [6.07, 6.45) is 0.908. The first-order valence-corrected chi connectivity index (χ1v) is 6.39. The molecule has 1 aromatic carbocycles. The lowest BCUT2D eigenvalue weighted by atomic mass is 10.1. The fraction of sp³-hybridized carbons (Fsp3) is 0.571. The van der Waals surface area contributed by atoms with Gasteiger partial charge in [0.2, 0.25) is 0 Å². The van der Waals surface area contributed by atoms with Crippen LogP contribution in [-0.2, 0) is 6.54 Å². The number of aliphatic hydroxyl groups is 1. The molecule has 0 radical (unpaired) electrons. The van der Waals surface area contributed by atoms with Gasteiger partial charge in [0, 0.05) is 12.6 Å². The van der Waals surface area contributed by atoms with Gasteiger partial charge in [-0.25, -0.2) is 0 Å². The molecule has 0 bridgehead atoms. The SMILES string of the molecule is CCOc1cc(CN[C@@H](CC)CO)ccc1OC. The van der Waals surface area contributed by atoms with Gasteiger partial charge in [-0.2, -0.15) is 0 Å². The smallest absolute Gasteiger partial charge is 0.161 e. The second kappa shape index (κ2) is 7.95. The zero-order valence-corrected chi connectivity index (χ0v) is 11.4. The summed E-state index contributed by atoms with van der Waals surface area (Å²) in [5, 5.41) is 12.4. The van der Waals surface area contributed by atoms with E-state index >= 15 is 0 Å². The van der Waals surface area contributed by atoms with Crippen LogP contribution >= 0.6 is 0 Å². The maximum absolute atomic E-state index is 9.12. The van der Waals surface area contributed by atoms with Gasteiger partial charge in [-0.3, -0.25) is 0 Å². The fourth-order valence-corrected chi connectivity index (χ4v) is 1.70. The van der Waals surface area contributed by atoms with Gasteiger partial charge in [0.15, 0.2) is 11.5 Å². The summed E-state index contributed by atoms with van der Waals surface area (Å²) in [7, 11) is 1.63. The molecule has 1 aromatic rings. The molecule has 0 amide bonds. The molecule has 0 unspecified atom stereocenters. The topological polar surface area (TPSA) is 50.7 Å². The Balaban J connectivity index is 2.69. The van der Waals surface area contributed by atoms with Crippen molar-refractivity contribution in [1.82, 2.24) is 5.32 Å². The molecule has 102 valence electrons. The Morgan fingerprint density at radius 2 is 2.06 bits per heavy atom. The first-order valence-electron chi connectivity index (χ1n) is 6.39. The molecule has 0 aliphatic rings. The average Bonchev–Trinajstić information content (AvgIpc) is 2.40. The van der Waals surface area contributed by atoms with Gasteiger partial charge in [0.1, 0.15) is 0 Å². The van der Waals surface area contributed by atoms with Gasteiger partial charge in [-0.15, -0.1) is 0 Å². The number of ether oxygens (including phenoxy) is 2. The van der Waals surface area contributed by atoms with E-state index < -0.39 is 0 Å². The minimum absolute atomic E-state index is 0.141. The molecule has 18 heavy (non-hydrogen) atoms. The lowest BCUT2D eigenvalue weighted by Gasteiger charge is -2.15. The summed E-state index contributed by atoms with van der Waals surface area (Å²) in [6, 6.07) is 6.02. The second-order valence-corrected chi connectivity index (χ2v) is 4.09. The molecule has 1 atom stereocenters. The first-order chi connectivity index (χ1) is 8.74. The molecule has 0 aromatic heterocycles. The van der Waals surface area contributed by atoms with Crippen LogP contribution in [0.2, 0.25) is 0 Å². The van der Waals surface area contributed by atoms with Crippen molar-refractivity contribution in [3.05, 3.63) is 23.8 Å².